The number of rotatable bonds is 4. The second kappa shape index (κ2) is 6.76. The van der Waals surface area contributed by atoms with Crippen LogP contribution in [0, 0.1) is 0 Å². The molecule has 0 spiro atoms. The van der Waals surface area contributed by atoms with Crippen LogP contribution in [0.5, 0.6) is 0 Å². The molecule has 0 heterocycles. The van der Waals surface area contributed by atoms with E-state index in [4.69, 9.17) is 0 Å². The molecule has 1 atom stereocenters. The Kier molecular flexibility index (Phi) is 5.28. The maximum Gasteiger partial charge on any atom is 0.0377 e. The van der Waals surface area contributed by atoms with Crippen molar-refractivity contribution in [2.75, 3.05) is 19.0 Å². The fourth-order valence-electron chi connectivity index (χ4n) is 2.92. The molecule has 0 bridgehead atoms. The Morgan fingerprint density at radius 3 is 2.53 bits per heavy atom. The van der Waals surface area contributed by atoms with Crippen molar-refractivity contribution in [3.05, 3.63) is 28.2 Å². The lowest BCUT2D eigenvalue weighted by molar-refractivity contribution is 0.427. The van der Waals surface area contributed by atoms with E-state index in [9.17, 15) is 0 Å². The summed E-state index contributed by atoms with van der Waals surface area (Å²) < 4.78 is 1.20. The van der Waals surface area contributed by atoms with Crippen molar-refractivity contribution in [1.82, 2.24) is 5.32 Å². The molecule has 3 heteroatoms. The summed E-state index contributed by atoms with van der Waals surface area (Å²) in [7, 11) is 4.23. The second-order valence-electron chi connectivity index (χ2n) is 5.62. The Bertz CT molecular complexity index is 413. The fraction of sp³-hybridized carbons (Fsp3) is 0.625. The van der Waals surface area contributed by atoms with Crippen molar-refractivity contribution < 1.29 is 0 Å². The Balaban J connectivity index is 2.14. The summed E-state index contributed by atoms with van der Waals surface area (Å²) in [5.74, 6) is 0. The highest BCUT2D eigenvalue weighted by atomic mass is 79.9. The molecule has 0 saturated heterocycles. The Morgan fingerprint density at radius 2 is 1.95 bits per heavy atom. The summed E-state index contributed by atoms with van der Waals surface area (Å²) in [6, 6.07) is 7.84. The van der Waals surface area contributed by atoms with Crippen LogP contribution in [0.4, 0.5) is 5.69 Å². The molecule has 1 unspecified atom stereocenters. The molecule has 1 fully saturated rings. The predicted molar refractivity (Wildman–Crippen MR) is 86.9 cm³/mol. The van der Waals surface area contributed by atoms with Gasteiger partial charge in [-0.3, -0.25) is 0 Å². The van der Waals surface area contributed by atoms with E-state index in [2.05, 4.69) is 58.3 Å². The molecule has 2 rings (SSSR count). The van der Waals surface area contributed by atoms with Crippen LogP contribution in [-0.2, 0) is 0 Å². The molecule has 1 aliphatic rings. The van der Waals surface area contributed by atoms with Crippen LogP contribution < -0.4 is 10.2 Å². The summed E-state index contributed by atoms with van der Waals surface area (Å²) in [5.41, 5.74) is 2.65. The minimum atomic E-state index is 0.378. The first-order chi connectivity index (χ1) is 9.13. The van der Waals surface area contributed by atoms with E-state index in [1.807, 2.05) is 7.05 Å². The van der Waals surface area contributed by atoms with Crippen LogP contribution in [0.3, 0.4) is 0 Å². The van der Waals surface area contributed by atoms with Crippen LogP contribution in [0.1, 0.15) is 50.6 Å². The lowest BCUT2D eigenvalue weighted by atomic mass is 9.94. The van der Waals surface area contributed by atoms with E-state index in [0.29, 0.717) is 12.1 Å². The van der Waals surface area contributed by atoms with Gasteiger partial charge in [-0.1, -0.05) is 41.3 Å². The Morgan fingerprint density at radius 1 is 1.26 bits per heavy atom. The highest BCUT2D eigenvalue weighted by Gasteiger charge is 2.19. The third kappa shape index (κ3) is 3.51. The molecule has 2 nitrogen and oxygen atoms in total. The first-order valence-electron chi connectivity index (χ1n) is 7.33. The Hall–Kier alpha value is -0.540. The van der Waals surface area contributed by atoms with Crippen molar-refractivity contribution in [3.63, 3.8) is 0 Å². The molecule has 0 aromatic heterocycles. The van der Waals surface area contributed by atoms with E-state index >= 15 is 0 Å². The van der Waals surface area contributed by atoms with Crippen LogP contribution in [0.15, 0.2) is 22.7 Å². The molecule has 19 heavy (non-hydrogen) atoms. The number of benzene rings is 1. The summed E-state index contributed by atoms with van der Waals surface area (Å²) in [6.07, 6.45) is 6.84. The van der Waals surface area contributed by atoms with Crippen molar-refractivity contribution in [3.8, 4) is 0 Å². The quantitative estimate of drug-likeness (QED) is 0.877. The molecule has 1 aliphatic carbocycles. The van der Waals surface area contributed by atoms with Gasteiger partial charge < -0.3 is 10.2 Å². The number of nitrogens with one attached hydrogen (secondary N) is 1. The zero-order valence-electron chi connectivity index (χ0n) is 12.2. The zero-order chi connectivity index (χ0) is 13.8. The second-order valence-corrected chi connectivity index (χ2v) is 6.47. The summed E-state index contributed by atoms with van der Waals surface area (Å²) in [6.45, 7) is 2.19. The van der Waals surface area contributed by atoms with Gasteiger partial charge in [0, 0.05) is 29.3 Å². The number of halogens is 1. The van der Waals surface area contributed by atoms with Gasteiger partial charge in [0.05, 0.1) is 0 Å². The van der Waals surface area contributed by atoms with Crippen molar-refractivity contribution in [2.45, 2.75) is 51.1 Å². The van der Waals surface area contributed by atoms with Gasteiger partial charge in [-0.2, -0.15) is 0 Å². The molecule has 0 aliphatic heterocycles. The normalized spacial score (nSPS) is 18.3. The molecule has 0 radical (unpaired) electrons. The van der Waals surface area contributed by atoms with Crippen LogP contribution in [0.25, 0.3) is 0 Å². The molecule has 1 saturated carbocycles. The Labute approximate surface area is 125 Å². The average Bonchev–Trinajstić information content (AvgIpc) is 2.46. The van der Waals surface area contributed by atoms with E-state index in [0.717, 1.165) is 0 Å². The topological polar surface area (TPSA) is 15.3 Å². The number of nitrogens with zero attached hydrogens (tertiary/aromatic N) is 1. The molecular formula is C16H25BrN2. The zero-order valence-corrected chi connectivity index (χ0v) is 13.8. The number of anilines is 1. The van der Waals surface area contributed by atoms with E-state index < -0.39 is 0 Å². The van der Waals surface area contributed by atoms with Crippen molar-refractivity contribution in [1.29, 1.82) is 0 Å². The lowest BCUT2D eigenvalue weighted by Gasteiger charge is -2.33. The average molecular weight is 325 g/mol. The minimum Gasteiger partial charge on any atom is -0.372 e. The molecule has 0 amide bonds. The van der Waals surface area contributed by atoms with Gasteiger partial charge in [-0.05, 0) is 44.5 Å². The fourth-order valence-corrected chi connectivity index (χ4v) is 3.63. The van der Waals surface area contributed by atoms with Crippen LogP contribution in [0.2, 0.25) is 0 Å². The molecule has 1 N–H and O–H groups in total. The first-order valence-corrected chi connectivity index (χ1v) is 8.12. The largest absolute Gasteiger partial charge is 0.372 e. The SMILES string of the molecule is CNC(C)c1ccc(N(C)C2CCCCC2)cc1Br. The van der Waals surface area contributed by atoms with Gasteiger partial charge in [-0.15, -0.1) is 0 Å². The summed E-state index contributed by atoms with van der Waals surface area (Å²) >= 11 is 3.71. The smallest absolute Gasteiger partial charge is 0.0377 e. The van der Waals surface area contributed by atoms with Crippen molar-refractivity contribution >= 4 is 21.6 Å². The maximum absolute atomic E-state index is 3.71. The van der Waals surface area contributed by atoms with Gasteiger partial charge in [0.1, 0.15) is 0 Å². The van der Waals surface area contributed by atoms with Crippen LogP contribution >= 0.6 is 15.9 Å². The summed E-state index contributed by atoms with van der Waals surface area (Å²) in [5, 5.41) is 3.29. The maximum atomic E-state index is 3.71. The summed E-state index contributed by atoms with van der Waals surface area (Å²) in [4.78, 5) is 2.46. The number of hydrogen-bond acceptors (Lipinski definition) is 2. The third-order valence-corrected chi connectivity index (χ3v) is 5.10. The number of hydrogen-bond donors (Lipinski definition) is 1. The van der Waals surface area contributed by atoms with Gasteiger partial charge in [0.2, 0.25) is 0 Å². The van der Waals surface area contributed by atoms with Gasteiger partial charge >= 0.3 is 0 Å². The van der Waals surface area contributed by atoms with Gasteiger partial charge in [0.15, 0.2) is 0 Å². The molecule has 1 aromatic carbocycles. The van der Waals surface area contributed by atoms with Crippen molar-refractivity contribution in [2.24, 2.45) is 0 Å². The third-order valence-electron chi connectivity index (χ3n) is 4.41. The van der Waals surface area contributed by atoms with E-state index in [1.165, 1.54) is 47.8 Å². The van der Waals surface area contributed by atoms with Gasteiger partial charge in [-0.25, -0.2) is 0 Å². The van der Waals surface area contributed by atoms with E-state index in [1.54, 1.807) is 0 Å². The monoisotopic (exact) mass is 324 g/mol. The van der Waals surface area contributed by atoms with Gasteiger partial charge in [0.25, 0.3) is 0 Å². The van der Waals surface area contributed by atoms with E-state index in [-0.39, 0.29) is 0 Å². The highest BCUT2D eigenvalue weighted by Crippen LogP contribution is 2.31. The molecular weight excluding hydrogens is 300 g/mol. The van der Waals surface area contributed by atoms with Crippen LogP contribution in [-0.4, -0.2) is 20.1 Å². The minimum absolute atomic E-state index is 0.378. The predicted octanol–water partition coefficient (Wildman–Crippen LogP) is 4.50. The lowest BCUT2D eigenvalue weighted by Crippen LogP contribution is -2.33. The first kappa shape index (κ1) is 14.9. The molecule has 106 valence electrons. The highest BCUT2D eigenvalue weighted by molar-refractivity contribution is 9.10. The standard InChI is InChI=1S/C16H25BrN2/c1-12(18-2)15-10-9-14(11-16(15)17)19(3)13-7-5-4-6-8-13/h9-13,18H,4-8H2,1-3H3. The molecule has 1 aromatic rings.